The van der Waals surface area contributed by atoms with Gasteiger partial charge >= 0.3 is 0 Å². The second-order valence-electron chi connectivity index (χ2n) is 8.48. The number of nitrogens with one attached hydrogen (secondary N) is 1. The average molecular weight is 453 g/mol. The fourth-order valence-corrected chi connectivity index (χ4v) is 5.37. The van der Waals surface area contributed by atoms with Gasteiger partial charge < -0.3 is 14.8 Å². The van der Waals surface area contributed by atoms with Gasteiger partial charge in [-0.1, -0.05) is 49.4 Å². The van der Waals surface area contributed by atoms with Crippen molar-refractivity contribution in [1.82, 2.24) is 14.9 Å². The van der Waals surface area contributed by atoms with Crippen molar-refractivity contribution < 1.29 is 0 Å². The zero-order valence-electron chi connectivity index (χ0n) is 19.2. The van der Waals surface area contributed by atoms with Crippen molar-refractivity contribution in [2.24, 2.45) is 0 Å². The van der Waals surface area contributed by atoms with Crippen molar-refractivity contribution in [2.75, 3.05) is 4.90 Å². The molecule has 2 atom stereocenters. The summed E-state index contributed by atoms with van der Waals surface area (Å²) in [7, 11) is 0. The van der Waals surface area contributed by atoms with Crippen LogP contribution in [0.25, 0.3) is 5.69 Å². The molecular weight excluding hydrogens is 424 g/mol. The summed E-state index contributed by atoms with van der Waals surface area (Å²) >= 11 is 5.87. The van der Waals surface area contributed by atoms with E-state index in [9.17, 15) is 0 Å². The summed E-state index contributed by atoms with van der Waals surface area (Å²) in [5.74, 6) is 0. The van der Waals surface area contributed by atoms with E-state index >= 15 is 0 Å². The van der Waals surface area contributed by atoms with E-state index in [1.54, 1.807) is 0 Å². The van der Waals surface area contributed by atoms with Crippen LogP contribution in [0.5, 0.6) is 0 Å². The largest absolute Gasteiger partial charge is 0.351 e. The Bertz CT molecular complexity index is 1280. The van der Waals surface area contributed by atoms with E-state index < -0.39 is 0 Å². The molecule has 0 unspecified atom stereocenters. The topological polar surface area (TPSA) is 33.1 Å². The smallest absolute Gasteiger partial charge is 0.174 e. The van der Waals surface area contributed by atoms with Crippen LogP contribution < -0.4 is 10.2 Å². The van der Waals surface area contributed by atoms with Crippen molar-refractivity contribution in [3.05, 3.63) is 113 Å². The molecule has 2 aromatic carbocycles. The summed E-state index contributed by atoms with van der Waals surface area (Å²) in [6.45, 7) is 6.61. The van der Waals surface area contributed by atoms with Gasteiger partial charge in [0.1, 0.15) is 0 Å². The van der Waals surface area contributed by atoms with Crippen LogP contribution in [0.3, 0.4) is 0 Å². The van der Waals surface area contributed by atoms with Crippen LogP contribution in [0.4, 0.5) is 5.69 Å². The predicted octanol–water partition coefficient (Wildman–Crippen LogP) is 6.23. The Morgan fingerprint density at radius 1 is 0.939 bits per heavy atom. The molecule has 2 aromatic heterocycles. The first-order valence-corrected chi connectivity index (χ1v) is 11.8. The van der Waals surface area contributed by atoms with Gasteiger partial charge in [-0.2, -0.15) is 0 Å². The van der Waals surface area contributed by atoms with Crippen LogP contribution in [0.15, 0.2) is 85.1 Å². The molecule has 5 heteroatoms. The number of anilines is 1. The summed E-state index contributed by atoms with van der Waals surface area (Å²) in [5, 5.41) is 4.29. The monoisotopic (exact) mass is 452 g/mol. The minimum atomic E-state index is -0.0470. The molecule has 4 aromatic rings. The van der Waals surface area contributed by atoms with Gasteiger partial charge in [0, 0.05) is 29.0 Å². The lowest BCUT2D eigenvalue weighted by atomic mass is 9.96. The SMILES string of the molecule is CCc1ccccc1-n1c(C)cc([C@H]2[C@@H](c3ccccn3)NC(=S)N2c2ccccc2)c1C. The minimum absolute atomic E-state index is 0.0106. The Morgan fingerprint density at radius 3 is 2.39 bits per heavy atom. The second kappa shape index (κ2) is 8.83. The Labute approximate surface area is 200 Å². The number of rotatable bonds is 5. The average Bonchev–Trinajstić information content (AvgIpc) is 3.35. The molecule has 0 saturated carbocycles. The van der Waals surface area contributed by atoms with Crippen molar-refractivity contribution in [3.8, 4) is 5.69 Å². The molecule has 1 N–H and O–H groups in total. The van der Waals surface area contributed by atoms with Gasteiger partial charge in [0.05, 0.1) is 17.8 Å². The molecule has 5 rings (SSSR count). The third-order valence-electron chi connectivity index (χ3n) is 6.53. The lowest BCUT2D eigenvalue weighted by Gasteiger charge is -2.28. The second-order valence-corrected chi connectivity index (χ2v) is 8.86. The van der Waals surface area contributed by atoms with E-state index in [1.165, 1.54) is 28.2 Å². The number of aromatic nitrogens is 2. The fraction of sp³-hybridized carbons (Fsp3) is 0.214. The molecule has 1 saturated heterocycles. The Hall–Kier alpha value is -3.44. The van der Waals surface area contributed by atoms with E-state index in [-0.39, 0.29) is 12.1 Å². The van der Waals surface area contributed by atoms with E-state index in [0.29, 0.717) is 0 Å². The highest BCUT2D eigenvalue weighted by Gasteiger charge is 2.42. The molecular formula is C28H28N4S. The van der Waals surface area contributed by atoms with Gasteiger partial charge in [-0.05, 0) is 80.0 Å². The quantitative estimate of drug-likeness (QED) is 0.364. The first-order valence-electron chi connectivity index (χ1n) is 11.4. The molecule has 0 aliphatic carbocycles. The number of hydrogen-bond donors (Lipinski definition) is 1. The molecule has 1 aliphatic rings. The number of nitrogens with zero attached hydrogens (tertiary/aromatic N) is 3. The van der Waals surface area contributed by atoms with Crippen molar-refractivity contribution in [2.45, 2.75) is 39.3 Å². The molecule has 0 radical (unpaired) electrons. The van der Waals surface area contributed by atoms with Gasteiger partial charge in [0.2, 0.25) is 0 Å². The number of pyridine rings is 1. The Kier molecular flexibility index (Phi) is 5.73. The summed E-state index contributed by atoms with van der Waals surface area (Å²) in [5.41, 5.74) is 8.35. The van der Waals surface area contributed by atoms with E-state index in [2.05, 4.69) is 101 Å². The third-order valence-corrected chi connectivity index (χ3v) is 6.85. The van der Waals surface area contributed by atoms with Gasteiger partial charge in [-0.3, -0.25) is 4.98 Å². The maximum absolute atomic E-state index is 5.87. The predicted molar refractivity (Wildman–Crippen MR) is 139 cm³/mol. The van der Waals surface area contributed by atoms with Crippen LogP contribution in [0, 0.1) is 13.8 Å². The Balaban J connectivity index is 1.69. The zero-order valence-corrected chi connectivity index (χ0v) is 20.0. The first-order chi connectivity index (χ1) is 16.1. The molecule has 1 fully saturated rings. The number of thiocarbonyl (C=S) groups is 1. The van der Waals surface area contributed by atoms with Crippen molar-refractivity contribution >= 4 is 23.0 Å². The molecule has 0 amide bonds. The molecule has 1 aliphatic heterocycles. The molecule has 4 nitrogen and oxygen atoms in total. The first kappa shape index (κ1) is 21.4. The normalized spacial score (nSPS) is 17.9. The highest BCUT2D eigenvalue weighted by atomic mass is 32.1. The van der Waals surface area contributed by atoms with Crippen LogP contribution in [-0.2, 0) is 6.42 Å². The summed E-state index contributed by atoms with van der Waals surface area (Å²) in [6.07, 6.45) is 2.84. The van der Waals surface area contributed by atoms with Crippen LogP contribution in [0.2, 0.25) is 0 Å². The molecule has 166 valence electrons. The van der Waals surface area contributed by atoms with E-state index in [4.69, 9.17) is 12.2 Å². The van der Waals surface area contributed by atoms with Crippen molar-refractivity contribution in [3.63, 3.8) is 0 Å². The molecule has 0 bridgehead atoms. The van der Waals surface area contributed by atoms with Gasteiger partial charge in [0.25, 0.3) is 0 Å². The minimum Gasteiger partial charge on any atom is -0.351 e. The fourth-order valence-electron chi connectivity index (χ4n) is 5.02. The van der Waals surface area contributed by atoms with Crippen LogP contribution in [-0.4, -0.2) is 14.7 Å². The van der Waals surface area contributed by atoms with Gasteiger partial charge in [0.15, 0.2) is 5.11 Å². The van der Waals surface area contributed by atoms with E-state index in [0.717, 1.165) is 22.9 Å². The zero-order chi connectivity index (χ0) is 22.9. The molecule has 3 heterocycles. The summed E-state index contributed by atoms with van der Waals surface area (Å²) < 4.78 is 2.38. The molecule has 33 heavy (non-hydrogen) atoms. The summed E-state index contributed by atoms with van der Waals surface area (Å²) in [4.78, 5) is 6.93. The lowest BCUT2D eigenvalue weighted by molar-refractivity contribution is 0.565. The third kappa shape index (κ3) is 3.72. The van der Waals surface area contributed by atoms with Crippen molar-refractivity contribution in [1.29, 1.82) is 0 Å². The highest BCUT2D eigenvalue weighted by molar-refractivity contribution is 7.80. The van der Waals surface area contributed by atoms with Gasteiger partial charge in [-0.15, -0.1) is 0 Å². The maximum atomic E-state index is 5.87. The molecule has 0 spiro atoms. The van der Waals surface area contributed by atoms with Gasteiger partial charge in [-0.25, -0.2) is 0 Å². The lowest BCUT2D eigenvalue weighted by Crippen LogP contribution is -2.29. The van der Waals surface area contributed by atoms with Crippen LogP contribution >= 0.6 is 12.2 Å². The Morgan fingerprint density at radius 2 is 1.67 bits per heavy atom. The number of para-hydroxylation sites is 2. The summed E-state index contributed by atoms with van der Waals surface area (Å²) in [6, 6.07) is 27.4. The van der Waals surface area contributed by atoms with Crippen LogP contribution in [0.1, 0.15) is 47.2 Å². The number of hydrogen-bond acceptors (Lipinski definition) is 2. The standard InChI is InChI=1S/C28H28N4S/c1-4-21-12-8-9-16-25(21)31-19(2)18-23(20(31)3)27-26(24-15-10-11-17-29-24)30-28(33)32(27)22-13-6-5-7-14-22/h5-18,26-27H,4H2,1-3H3,(H,30,33)/t26-,27+/m1/s1. The number of benzene rings is 2. The maximum Gasteiger partial charge on any atom is 0.174 e. The number of aryl methyl sites for hydroxylation is 2. The van der Waals surface area contributed by atoms with E-state index in [1.807, 2.05) is 24.4 Å². The highest BCUT2D eigenvalue weighted by Crippen LogP contribution is 2.43.